The molecule has 8 heteroatoms. The topological polar surface area (TPSA) is 106 Å². The summed E-state index contributed by atoms with van der Waals surface area (Å²) in [5.41, 5.74) is -0.795. The number of hydrogen-bond donors (Lipinski definition) is 2. The second kappa shape index (κ2) is 10.4. The second-order valence-electron chi connectivity index (χ2n) is 7.14. The SMILES string of the molecule is CCOC(=O)[C@@]1(C(=O)N[C@@H](Cc2ccccc2)C(=O)NC(CC)OC(C)C)CO1. The Labute approximate surface area is 171 Å². The third kappa shape index (κ3) is 6.27. The van der Waals surface area contributed by atoms with Gasteiger partial charge in [0.1, 0.15) is 12.3 Å². The molecule has 0 spiro atoms. The number of ether oxygens (including phenoxy) is 3. The van der Waals surface area contributed by atoms with Gasteiger partial charge in [0, 0.05) is 6.42 Å². The van der Waals surface area contributed by atoms with E-state index in [4.69, 9.17) is 14.2 Å². The zero-order valence-electron chi connectivity index (χ0n) is 17.4. The first-order valence-electron chi connectivity index (χ1n) is 9.94. The second-order valence-corrected chi connectivity index (χ2v) is 7.14. The fourth-order valence-electron chi connectivity index (χ4n) is 2.82. The molecule has 2 N–H and O–H groups in total. The van der Waals surface area contributed by atoms with Crippen molar-refractivity contribution in [1.29, 1.82) is 0 Å². The molecule has 2 amide bonds. The Morgan fingerprint density at radius 1 is 1.14 bits per heavy atom. The van der Waals surface area contributed by atoms with Crippen LogP contribution in [0.4, 0.5) is 0 Å². The zero-order chi connectivity index (χ0) is 21.4. The van der Waals surface area contributed by atoms with Crippen molar-refractivity contribution >= 4 is 17.8 Å². The molecule has 29 heavy (non-hydrogen) atoms. The van der Waals surface area contributed by atoms with Gasteiger partial charge in [-0.2, -0.15) is 0 Å². The van der Waals surface area contributed by atoms with E-state index in [2.05, 4.69) is 10.6 Å². The number of epoxide rings is 1. The van der Waals surface area contributed by atoms with Gasteiger partial charge in [-0.05, 0) is 32.8 Å². The summed E-state index contributed by atoms with van der Waals surface area (Å²) in [7, 11) is 0. The van der Waals surface area contributed by atoms with E-state index in [-0.39, 0.29) is 25.7 Å². The molecule has 160 valence electrons. The van der Waals surface area contributed by atoms with Gasteiger partial charge in [0.05, 0.1) is 19.3 Å². The van der Waals surface area contributed by atoms with E-state index < -0.39 is 35.7 Å². The van der Waals surface area contributed by atoms with E-state index in [1.807, 2.05) is 51.1 Å². The maximum Gasteiger partial charge on any atom is 0.350 e. The molecule has 1 fully saturated rings. The maximum atomic E-state index is 12.9. The number of benzene rings is 1. The predicted octanol–water partition coefficient (Wildman–Crippen LogP) is 1.32. The summed E-state index contributed by atoms with van der Waals surface area (Å²) in [6, 6.07) is 8.41. The van der Waals surface area contributed by atoms with Crippen molar-refractivity contribution in [2.24, 2.45) is 0 Å². The maximum absolute atomic E-state index is 12.9. The van der Waals surface area contributed by atoms with Crippen molar-refractivity contribution in [2.75, 3.05) is 13.2 Å². The summed E-state index contributed by atoms with van der Waals surface area (Å²) in [6.45, 7) is 7.38. The monoisotopic (exact) mass is 406 g/mol. The molecule has 2 rings (SSSR count). The van der Waals surface area contributed by atoms with Crippen molar-refractivity contribution in [3.8, 4) is 0 Å². The molecule has 1 aromatic carbocycles. The standard InChI is InChI=1S/C21H30N2O6/c1-5-17(29-14(3)4)23-18(24)16(12-15-10-8-7-9-11-15)22-19(25)21(13-28-21)20(26)27-6-2/h7-11,14,16-17H,5-6,12-13H2,1-4H3,(H,22,25)(H,23,24)/t16-,17?,21-/m0/s1. The molecule has 1 unspecified atom stereocenters. The molecule has 1 aliphatic rings. The molecule has 3 atom stereocenters. The largest absolute Gasteiger partial charge is 0.463 e. The van der Waals surface area contributed by atoms with Crippen LogP contribution < -0.4 is 10.6 Å². The first-order chi connectivity index (χ1) is 13.8. The summed E-state index contributed by atoms with van der Waals surface area (Å²) in [6.07, 6.45) is 0.296. The summed E-state index contributed by atoms with van der Waals surface area (Å²) >= 11 is 0. The van der Waals surface area contributed by atoms with Crippen molar-refractivity contribution in [1.82, 2.24) is 10.6 Å². The zero-order valence-corrected chi connectivity index (χ0v) is 17.4. The quantitative estimate of drug-likeness (QED) is 0.248. The van der Waals surface area contributed by atoms with Crippen molar-refractivity contribution in [2.45, 2.75) is 64.5 Å². The van der Waals surface area contributed by atoms with Gasteiger partial charge in [-0.15, -0.1) is 0 Å². The third-order valence-corrected chi connectivity index (χ3v) is 4.42. The number of hydrogen-bond acceptors (Lipinski definition) is 6. The van der Waals surface area contributed by atoms with Gasteiger partial charge in [0.15, 0.2) is 0 Å². The van der Waals surface area contributed by atoms with E-state index >= 15 is 0 Å². The van der Waals surface area contributed by atoms with Crippen LogP contribution in [0.1, 0.15) is 39.7 Å². The molecule has 0 aliphatic carbocycles. The summed E-state index contributed by atoms with van der Waals surface area (Å²) in [5.74, 6) is -1.81. The van der Waals surface area contributed by atoms with Crippen LogP contribution in [0.3, 0.4) is 0 Å². The Morgan fingerprint density at radius 3 is 2.31 bits per heavy atom. The first kappa shape index (κ1) is 22.8. The molecule has 8 nitrogen and oxygen atoms in total. The van der Waals surface area contributed by atoms with Gasteiger partial charge < -0.3 is 24.8 Å². The van der Waals surface area contributed by atoms with Crippen LogP contribution in [-0.4, -0.2) is 55.0 Å². The molecular weight excluding hydrogens is 376 g/mol. The smallest absolute Gasteiger partial charge is 0.350 e. The molecule has 0 bridgehead atoms. The highest BCUT2D eigenvalue weighted by Crippen LogP contribution is 2.29. The van der Waals surface area contributed by atoms with Crippen LogP contribution in [0.25, 0.3) is 0 Å². The average molecular weight is 406 g/mol. The number of carbonyl (C=O) groups excluding carboxylic acids is 3. The number of nitrogens with one attached hydrogen (secondary N) is 2. The van der Waals surface area contributed by atoms with Crippen LogP contribution in [0, 0.1) is 0 Å². The lowest BCUT2D eigenvalue weighted by atomic mass is 10.0. The Bertz CT molecular complexity index is 702. The molecule has 1 heterocycles. The fraction of sp³-hybridized carbons (Fsp3) is 0.571. The van der Waals surface area contributed by atoms with Crippen LogP contribution >= 0.6 is 0 Å². The van der Waals surface area contributed by atoms with Gasteiger partial charge in [0.25, 0.3) is 11.5 Å². The molecule has 0 saturated carbocycles. The van der Waals surface area contributed by atoms with Gasteiger partial charge in [-0.1, -0.05) is 37.3 Å². The Balaban J connectivity index is 2.13. The molecule has 0 radical (unpaired) electrons. The van der Waals surface area contributed by atoms with E-state index in [9.17, 15) is 14.4 Å². The van der Waals surface area contributed by atoms with Gasteiger partial charge in [-0.25, -0.2) is 4.79 Å². The minimum Gasteiger partial charge on any atom is -0.463 e. The van der Waals surface area contributed by atoms with Crippen molar-refractivity contribution in [3.63, 3.8) is 0 Å². The Kier molecular flexibility index (Phi) is 8.16. The number of amides is 2. The minimum atomic E-state index is -1.66. The Hall–Kier alpha value is -2.45. The summed E-state index contributed by atoms with van der Waals surface area (Å²) in [5, 5.41) is 5.47. The van der Waals surface area contributed by atoms with E-state index in [0.717, 1.165) is 5.56 Å². The van der Waals surface area contributed by atoms with Crippen molar-refractivity contribution < 1.29 is 28.6 Å². The molecule has 1 aromatic rings. The molecule has 1 saturated heterocycles. The van der Waals surface area contributed by atoms with E-state index in [1.54, 1.807) is 6.92 Å². The highest BCUT2D eigenvalue weighted by atomic mass is 16.6. The van der Waals surface area contributed by atoms with Crippen LogP contribution in [0.5, 0.6) is 0 Å². The lowest BCUT2D eigenvalue weighted by Gasteiger charge is -2.25. The molecule has 1 aliphatic heterocycles. The third-order valence-electron chi connectivity index (χ3n) is 4.42. The van der Waals surface area contributed by atoms with E-state index in [0.29, 0.717) is 6.42 Å². The molecule has 0 aromatic heterocycles. The number of rotatable bonds is 11. The van der Waals surface area contributed by atoms with Gasteiger partial charge in [-0.3, -0.25) is 9.59 Å². The van der Waals surface area contributed by atoms with Gasteiger partial charge >= 0.3 is 5.97 Å². The highest BCUT2D eigenvalue weighted by Gasteiger charge is 2.61. The number of carbonyl (C=O) groups is 3. The minimum absolute atomic E-state index is 0.0608. The normalized spacial score (nSPS) is 19.9. The predicted molar refractivity (Wildman–Crippen MR) is 106 cm³/mol. The fourth-order valence-corrected chi connectivity index (χ4v) is 2.82. The average Bonchev–Trinajstić information content (AvgIpc) is 3.49. The first-order valence-corrected chi connectivity index (χ1v) is 9.94. The van der Waals surface area contributed by atoms with Crippen LogP contribution in [0.2, 0.25) is 0 Å². The molecular formula is C21H30N2O6. The van der Waals surface area contributed by atoms with Crippen LogP contribution in [-0.2, 0) is 35.0 Å². The Morgan fingerprint density at radius 2 is 1.79 bits per heavy atom. The lowest BCUT2D eigenvalue weighted by Crippen LogP contribution is -2.55. The summed E-state index contributed by atoms with van der Waals surface area (Å²) in [4.78, 5) is 37.7. The summed E-state index contributed by atoms with van der Waals surface area (Å²) < 4.78 is 15.7. The van der Waals surface area contributed by atoms with E-state index in [1.165, 1.54) is 0 Å². The number of esters is 1. The highest BCUT2D eigenvalue weighted by molar-refractivity contribution is 6.10. The lowest BCUT2D eigenvalue weighted by molar-refractivity contribution is -0.154. The van der Waals surface area contributed by atoms with Gasteiger partial charge in [0.2, 0.25) is 5.91 Å². The van der Waals surface area contributed by atoms with Crippen LogP contribution in [0.15, 0.2) is 30.3 Å². The van der Waals surface area contributed by atoms with Crippen molar-refractivity contribution in [3.05, 3.63) is 35.9 Å².